The quantitative estimate of drug-likeness (QED) is 0.689. The fraction of sp³-hybridized carbons (Fsp3) is 0.571. The van der Waals surface area contributed by atoms with E-state index in [-0.39, 0.29) is 23.3 Å². The van der Waals surface area contributed by atoms with Crippen molar-refractivity contribution in [2.45, 2.75) is 66.2 Å². The van der Waals surface area contributed by atoms with E-state index >= 15 is 0 Å². The number of benzene rings is 1. The topological polar surface area (TPSA) is 64.1 Å². The van der Waals surface area contributed by atoms with Gasteiger partial charge in [-0.05, 0) is 34.9 Å². The van der Waals surface area contributed by atoms with Gasteiger partial charge in [-0.15, -0.1) is 10.2 Å². The zero-order valence-electron chi connectivity index (χ0n) is 17.4. The van der Waals surface area contributed by atoms with Crippen LogP contribution in [-0.4, -0.2) is 22.7 Å². The number of anilines is 1. The molecule has 0 bridgehead atoms. The Balaban J connectivity index is 1.89. The van der Waals surface area contributed by atoms with E-state index in [2.05, 4.69) is 62.3 Å². The lowest BCUT2D eigenvalue weighted by Gasteiger charge is -2.33. The molecule has 1 N–H and O–H groups in total. The summed E-state index contributed by atoms with van der Waals surface area (Å²) in [4.78, 5) is 12.1. The molecule has 0 atom stereocenters. The highest BCUT2D eigenvalue weighted by atomic mass is 32.1. The Labute approximate surface area is 166 Å². The van der Waals surface area contributed by atoms with Crippen LogP contribution in [0, 0.1) is 5.41 Å². The summed E-state index contributed by atoms with van der Waals surface area (Å²) in [6.07, 6.45) is 1.09. The standard InChI is InChI=1S/C21H31N3O2S/c1-14(2)18-23-24-19(27-18)22-17(25)12-26-16-10-8-15(9-11-16)21(6,7)13-20(3,4)5/h8-11,14H,12-13H2,1-7H3,(H,22,24,25). The predicted molar refractivity (Wildman–Crippen MR) is 112 cm³/mol. The minimum absolute atomic E-state index is 0.0542. The molecular weight excluding hydrogens is 358 g/mol. The van der Waals surface area contributed by atoms with E-state index in [4.69, 9.17) is 4.74 Å². The molecule has 0 fully saturated rings. The Hall–Kier alpha value is -1.95. The third kappa shape index (κ3) is 6.61. The molecule has 0 aliphatic rings. The van der Waals surface area contributed by atoms with Crippen molar-refractivity contribution in [2.75, 3.05) is 11.9 Å². The number of amides is 1. The lowest BCUT2D eigenvalue weighted by Crippen LogP contribution is -2.24. The van der Waals surface area contributed by atoms with Crippen molar-refractivity contribution < 1.29 is 9.53 Å². The summed E-state index contributed by atoms with van der Waals surface area (Å²) in [6, 6.07) is 8.01. The number of aromatic nitrogens is 2. The molecule has 1 aromatic heterocycles. The predicted octanol–water partition coefficient (Wildman–Crippen LogP) is 5.39. The van der Waals surface area contributed by atoms with Crippen LogP contribution >= 0.6 is 11.3 Å². The Morgan fingerprint density at radius 1 is 1.11 bits per heavy atom. The first-order chi connectivity index (χ1) is 12.5. The van der Waals surface area contributed by atoms with Gasteiger partial charge in [-0.1, -0.05) is 71.9 Å². The molecule has 0 saturated heterocycles. The number of nitrogens with zero attached hydrogens (tertiary/aromatic N) is 2. The number of hydrogen-bond donors (Lipinski definition) is 1. The van der Waals surface area contributed by atoms with Crippen molar-refractivity contribution in [3.05, 3.63) is 34.8 Å². The maximum atomic E-state index is 12.1. The number of hydrogen-bond acceptors (Lipinski definition) is 5. The van der Waals surface area contributed by atoms with E-state index in [0.29, 0.717) is 16.8 Å². The first-order valence-electron chi connectivity index (χ1n) is 9.33. The van der Waals surface area contributed by atoms with Crippen molar-refractivity contribution in [3.63, 3.8) is 0 Å². The van der Waals surface area contributed by atoms with Crippen molar-refractivity contribution in [2.24, 2.45) is 5.41 Å². The molecule has 5 nitrogen and oxygen atoms in total. The summed E-state index contributed by atoms with van der Waals surface area (Å²) in [5, 5.41) is 12.2. The maximum Gasteiger partial charge on any atom is 0.264 e. The van der Waals surface area contributed by atoms with Crippen LogP contribution in [0.2, 0.25) is 0 Å². The largest absolute Gasteiger partial charge is 0.484 e. The van der Waals surface area contributed by atoms with E-state index < -0.39 is 0 Å². The third-order valence-electron chi connectivity index (χ3n) is 4.16. The second-order valence-corrected chi connectivity index (χ2v) is 10.1. The molecule has 1 amide bonds. The van der Waals surface area contributed by atoms with Crippen LogP contribution in [0.15, 0.2) is 24.3 Å². The minimum Gasteiger partial charge on any atom is -0.484 e. The summed E-state index contributed by atoms with van der Waals surface area (Å²) in [6.45, 7) is 15.3. The molecule has 1 aromatic carbocycles. The Kier molecular flexibility index (Phi) is 6.63. The van der Waals surface area contributed by atoms with Gasteiger partial charge in [-0.25, -0.2) is 0 Å². The van der Waals surface area contributed by atoms with Gasteiger partial charge in [-0.2, -0.15) is 0 Å². The number of nitrogens with one attached hydrogen (secondary N) is 1. The highest BCUT2D eigenvalue weighted by molar-refractivity contribution is 7.15. The normalized spacial score (nSPS) is 12.3. The van der Waals surface area contributed by atoms with Crippen LogP contribution in [0.5, 0.6) is 5.75 Å². The van der Waals surface area contributed by atoms with Gasteiger partial charge >= 0.3 is 0 Å². The summed E-state index contributed by atoms with van der Waals surface area (Å²) in [5.41, 5.74) is 1.61. The number of ether oxygens (including phenoxy) is 1. The zero-order chi connectivity index (χ0) is 20.2. The number of carbonyl (C=O) groups is 1. The second-order valence-electron chi connectivity index (χ2n) is 9.08. The van der Waals surface area contributed by atoms with Gasteiger partial charge in [0.05, 0.1) is 0 Å². The van der Waals surface area contributed by atoms with E-state index in [1.165, 1.54) is 16.9 Å². The van der Waals surface area contributed by atoms with Crippen molar-refractivity contribution in [3.8, 4) is 5.75 Å². The first kappa shape index (κ1) is 21.4. The van der Waals surface area contributed by atoms with Gasteiger partial charge in [-0.3, -0.25) is 10.1 Å². The van der Waals surface area contributed by atoms with E-state index in [1.54, 1.807) is 0 Å². The Morgan fingerprint density at radius 2 is 1.74 bits per heavy atom. The lowest BCUT2D eigenvalue weighted by atomic mass is 9.72. The van der Waals surface area contributed by atoms with Gasteiger partial charge in [0, 0.05) is 5.92 Å². The van der Waals surface area contributed by atoms with Gasteiger partial charge in [0.15, 0.2) is 6.61 Å². The summed E-state index contributed by atoms with van der Waals surface area (Å²) >= 11 is 1.39. The van der Waals surface area contributed by atoms with Crippen molar-refractivity contribution >= 4 is 22.4 Å². The van der Waals surface area contributed by atoms with Gasteiger partial charge in [0.1, 0.15) is 10.8 Å². The van der Waals surface area contributed by atoms with Crippen LogP contribution < -0.4 is 10.1 Å². The SMILES string of the molecule is CC(C)c1nnc(NC(=O)COc2ccc(C(C)(C)CC(C)(C)C)cc2)s1. The third-order valence-corrected chi connectivity index (χ3v) is 5.30. The average molecular weight is 390 g/mol. The fourth-order valence-corrected chi connectivity index (χ4v) is 4.01. The number of carbonyl (C=O) groups excluding carboxylic acids is 1. The molecule has 0 saturated carbocycles. The molecule has 148 valence electrons. The molecule has 1 heterocycles. The number of rotatable bonds is 7. The molecule has 0 aliphatic heterocycles. The summed E-state index contributed by atoms with van der Waals surface area (Å²) < 4.78 is 5.61. The zero-order valence-corrected chi connectivity index (χ0v) is 18.2. The van der Waals surface area contributed by atoms with Gasteiger partial charge in [0.2, 0.25) is 5.13 Å². The van der Waals surface area contributed by atoms with Gasteiger partial charge < -0.3 is 4.74 Å². The van der Waals surface area contributed by atoms with E-state index in [0.717, 1.165) is 11.4 Å². The molecule has 0 aliphatic carbocycles. The monoisotopic (exact) mass is 389 g/mol. The van der Waals surface area contributed by atoms with Gasteiger partial charge in [0.25, 0.3) is 5.91 Å². The molecule has 2 aromatic rings. The highest BCUT2D eigenvalue weighted by Crippen LogP contribution is 2.36. The molecule has 6 heteroatoms. The summed E-state index contributed by atoms with van der Waals surface area (Å²) in [5.74, 6) is 0.740. The van der Waals surface area contributed by atoms with E-state index in [9.17, 15) is 4.79 Å². The summed E-state index contributed by atoms with van der Waals surface area (Å²) in [7, 11) is 0. The highest BCUT2D eigenvalue weighted by Gasteiger charge is 2.27. The Bertz CT molecular complexity index is 758. The molecule has 2 rings (SSSR count). The van der Waals surface area contributed by atoms with Crippen LogP contribution in [0.3, 0.4) is 0 Å². The maximum absolute atomic E-state index is 12.1. The van der Waals surface area contributed by atoms with E-state index in [1.807, 2.05) is 26.0 Å². The van der Waals surface area contributed by atoms with Crippen LogP contribution in [0.1, 0.15) is 71.4 Å². The Morgan fingerprint density at radius 3 is 2.26 bits per heavy atom. The van der Waals surface area contributed by atoms with Crippen molar-refractivity contribution in [1.29, 1.82) is 0 Å². The fourth-order valence-electron chi connectivity index (χ4n) is 3.25. The second kappa shape index (κ2) is 8.38. The molecular formula is C21H31N3O2S. The lowest BCUT2D eigenvalue weighted by molar-refractivity contribution is -0.118. The first-order valence-corrected chi connectivity index (χ1v) is 10.1. The van der Waals surface area contributed by atoms with Crippen molar-refractivity contribution in [1.82, 2.24) is 10.2 Å². The average Bonchev–Trinajstić information content (AvgIpc) is 3.00. The molecule has 0 spiro atoms. The minimum atomic E-state index is -0.237. The van der Waals surface area contributed by atoms with Crippen LogP contribution in [0.4, 0.5) is 5.13 Å². The molecule has 27 heavy (non-hydrogen) atoms. The molecule has 0 unspecified atom stereocenters. The van der Waals surface area contributed by atoms with Crippen LogP contribution in [-0.2, 0) is 10.2 Å². The molecule has 0 radical (unpaired) electrons. The smallest absolute Gasteiger partial charge is 0.264 e. The van der Waals surface area contributed by atoms with Crippen LogP contribution in [0.25, 0.3) is 0 Å².